The van der Waals surface area contributed by atoms with E-state index in [1.54, 1.807) is 30.7 Å². The predicted molar refractivity (Wildman–Crippen MR) is 110 cm³/mol. The molecule has 0 atom stereocenters. The molecular weight excluding hydrogens is 448 g/mol. The van der Waals surface area contributed by atoms with Gasteiger partial charge < -0.3 is 4.42 Å². The Kier molecular flexibility index (Phi) is 5.20. The Morgan fingerprint density at radius 3 is 2.74 bits per heavy atom. The second kappa shape index (κ2) is 7.76. The summed E-state index contributed by atoms with van der Waals surface area (Å²) in [4.78, 5) is 21.7. The van der Waals surface area contributed by atoms with Crippen LogP contribution in [-0.4, -0.2) is 15.8 Å². The smallest absolute Gasteiger partial charge is 0.204 e. The van der Waals surface area contributed by atoms with E-state index in [4.69, 9.17) is 16.0 Å². The van der Waals surface area contributed by atoms with Crippen molar-refractivity contribution in [2.24, 2.45) is 0 Å². The molecule has 4 nitrogen and oxygen atoms in total. The summed E-state index contributed by atoms with van der Waals surface area (Å²) in [6.07, 6.45) is 5.47. The maximum Gasteiger partial charge on any atom is 0.204 e. The van der Waals surface area contributed by atoms with Gasteiger partial charge in [0, 0.05) is 34.7 Å². The van der Waals surface area contributed by atoms with Crippen molar-refractivity contribution in [2.45, 2.75) is 6.42 Å². The summed E-state index contributed by atoms with van der Waals surface area (Å²) in [7, 11) is 0. The molecule has 1 aromatic carbocycles. The second-order valence-electron chi connectivity index (χ2n) is 5.76. The predicted octanol–water partition coefficient (Wildman–Crippen LogP) is 6.31. The molecule has 0 N–H and O–H groups in total. The number of nitrogens with zero attached hydrogens (tertiary/aromatic N) is 2. The van der Waals surface area contributed by atoms with E-state index in [-0.39, 0.29) is 12.2 Å². The van der Waals surface area contributed by atoms with Crippen LogP contribution in [0.4, 0.5) is 0 Å². The van der Waals surface area contributed by atoms with Gasteiger partial charge in [-0.3, -0.25) is 9.78 Å². The maximum absolute atomic E-state index is 12.3. The standard InChI is InChI=1S/C20H12BrClN2O2S/c21-19-6-5-17(26-19)16(25)9-20-24-11-18(27-20)14-4-3-12(8-15(14)22)13-2-1-7-23-10-13/h1-8,10-11H,9H2. The molecule has 0 fully saturated rings. The second-order valence-corrected chi connectivity index (χ2v) is 8.06. The van der Waals surface area contributed by atoms with Crippen molar-refractivity contribution in [3.05, 3.63) is 81.5 Å². The fourth-order valence-corrected chi connectivity index (χ4v) is 4.23. The van der Waals surface area contributed by atoms with E-state index < -0.39 is 0 Å². The largest absolute Gasteiger partial charge is 0.446 e. The highest BCUT2D eigenvalue weighted by Crippen LogP contribution is 2.35. The Morgan fingerprint density at radius 1 is 1.15 bits per heavy atom. The highest BCUT2D eigenvalue weighted by atomic mass is 79.9. The first kappa shape index (κ1) is 18.1. The number of carbonyl (C=O) groups is 1. The number of halogens is 2. The Morgan fingerprint density at radius 2 is 2.04 bits per heavy atom. The van der Waals surface area contributed by atoms with Crippen molar-refractivity contribution < 1.29 is 9.21 Å². The van der Waals surface area contributed by atoms with Gasteiger partial charge in [0.25, 0.3) is 0 Å². The van der Waals surface area contributed by atoms with Crippen LogP contribution in [0.1, 0.15) is 15.6 Å². The van der Waals surface area contributed by atoms with E-state index >= 15 is 0 Å². The van der Waals surface area contributed by atoms with Gasteiger partial charge in [-0.2, -0.15) is 0 Å². The summed E-state index contributed by atoms with van der Waals surface area (Å²) in [5.74, 6) is 0.206. The van der Waals surface area contributed by atoms with Crippen LogP contribution in [0, 0.1) is 0 Å². The first-order valence-electron chi connectivity index (χ1n) is 8.04. The van der Waals surface area contributed by atoms with Crippen LogP contribution in [0.25, 0.3) is 21.6 Å². The number of thiazole rings is 1. The molecule has 0 unspecified atom stereocenters. The van der Waals surface area contributed by atoms with Crippen LogP contribution in [-0.2, 0) is 6.42 Å². The van der Waals surface area contributed by atoms with Crippen molar-refractivity contribution in [3.8, 4) is 21.6 Å². The van der Waals surface area contributed by atoms with Gasteiger partial charge in [0.05, 0.1) is 11.3 Å². The molecule has 0 aliphatic carbocycles. The van der Waals surface area contributed by atoms with Crippen LogP contribution in [0.3, 0.4) is 0 Å². The lowest BCUT2D eigenvalue weighted by Gasteiger charge is -2.05. The highest BCUT2D eigenvalue weighted by molar-refractivity contribution is 9.10. The number of hydrogen-bond donors (Lipinski definition) is 0. The quantitative estimate of drug-likeness (QED) is 0.328. The number of Topliss-reactive ketones (excluding diaryl/α,β-unsaturated/α-hetero) is 1. The summed E-state index contributed by atoms with van der Waals surface area (Å²) in [5, 5.41) is 1.35. The van der Waals surface area contributed by atoms with E-state index in [0.29, 0.717) is 15.5 Å². The van der Waals surface area contributed by atoms with E-state index in [0.717, 1.165) is 26.6 Å². The lowest BCUT2D eigenvalue weighted by Crippen LogP contribution is -2.01. The van der Waals surface area contributed by atoms with Crippen molar-refractivity contribution in [1.29, 1.82) is 0 Å². The summed E-state index contributed by atoms with van der Waals surface area (Å²) in [6, 6.07) is 13.1. The third-order valence-corrected chi connectivity index (χ3v) is 5.71. The summed E-state index contributed by atoms with van der Waals surface area (Å²) in [5.41, 5.74) is 2.90. The SMILES string of the molecule is O=C(Cc1ncc(-c2ccc(-c3cccnc3)cc2Cl)s1)c1ccc(Br)o1. The lowest BCUT2D eigenvalue weighted by atomic mass is 10.1. The van der Waals surface area contributed by atoms with Crippen LogP contribution >= 0.6 is 38.9 Å². The van der Waals surface area contributed by atoms with Crippen molar-refractivity contribution >= 4 is 44.7 Å². The van der Waals surface area contributed by atoms with Crippen molar-refractivity contribution in [2.75, 3.05) is 0 Å². The fourth-order valence-electron chi connectivity index (χ4n) is 2.63. The summed E-state index contributed by atoms with van der Waals surface area (Å²) in [6.45, 7) is 0. The van der Waals surface area contributed by atoms with Gasteiger partial charge in [-0.15, -0.1) is 11.3 Å². The summed E-state index contributed by atoms with van der Waals surface area (Å²) < 4.78 is 5.83. The first-order chi connectivity index (χ1) is 13.1. The van der Waals surface area contributed by atoms with E-state index in [1.165, 1.54) is 11.3 Å². The number of ketones is 1. The molecule has 0 bridgehead atoms. The average Bonchev–Trinajstić information content (AvgIpc) is 3.31. The molecule has 3 heterocycles. The molecule has 134 valence electrons. The Balaban J connectivity index is 1.55. The molecule has 0 aliphatic heterocycles. The number of pyridine rings is 1. The third kappa shape index (κ3) is 4.03. The minimum Gasteiger partial charge on any atom is -0.446 e. The number of rotatable bonds is 5. The molecule has 4 rings (SSSR count). The zero-order valence-corrected chi connectivity index (χ0v) is 17.0. The summed E-state index contributed by atoms with van der Waals surface area (Å²) >= 11 is 11.1. The molecule has 0 radical (unpaired) electrons. The molecule has 0 spiro atoms. The van der Waals surface area contributed by atoms with Gasteiger partial charge in [-0.25, -0.2) is 4.98 Å². The van der Waals surface area contributed by atoms with Crippen LogP contribution in [0.15, 0.2) is 70.1 Å². The number of furan rings is 1. The van der Waals surface area contributed by atoms with Crippen molar-refractivity contribution in [1.82, 2.24) is 9.97 Å². The van der Waals surface area contributed by atoms with E-state index in [1.807, 2.05) is 30.3 Å². The van der Waals surface area contributed by atoms with E-state index in [2.05, 4.69) is 25.9 Å². The van der Waals surface area contributed by atoms with Gasteiger partial charge in [-0.05, 0) is 45.8 Å². The normalized spacial score (nSPS) is 10.9. The Hall–Kier alpha value is -2.28. The molecule has 27 heavy (non-hydrogen) atoms. The fraction of sp³-hybridized carbons (Fsp3) is 0.0500. The minimum absolute atomic E-state index is 0.111. The van der Waals surface area contributed by atoms with Crippen LogP contribution < -0.4 is 0 Å². The Labute approximate surface area is 173 Å². The maximum atomic E-state index is 12.3. The third-order valence-electron chi connectivity index (χ3n) is 3.94. The topological polar surface area (TPSA) is 56.0 Å². The number of benzene rings is 1. The molecular formula is C20H12BrClN2O2S. The van der Waals surface area contributed by atoms with E-state index in [9.17, 15) is 4.79 Å². The van der Waals surface area contributed by atoms with Gasteiger partial charge in [0.2, 0.25) is 5.78 Å². The zero-order chi connectivity index (χ0) is 18.8. The lowest BCUT2D eigenvalue weighted by molar-refractivity contribution is 0.0965. The number of carbonyl (C=O) groups excluding carboxylic acids is 1. The molecule has 0 amide bonds. The molecule has 0 saturated heterocycles. The van der Waals surface area contributed by atoms with Gasteiger partial charge in [-0.1, -0.05) is 29.8 Å². The molecule has 4 aromatic rings. The first-order valence-corrected chi connectivity index (χ1v) is 10.0. The van der Waals surface area contributed by atoms with Crippen LogP contribution in [0.2, 0.25) is 5.02 Å². The molecule has 7 heteroatoms. The minimum atomic E-state index is -0.111. The molecule has 0 aliphatic rings. The highest BCUT2D eigenvalue weighted by Gasteiger charge is 2.15. The van der Waals surface area contributed by atoms with Crippen LogP contribution in [0.5, 0.6) is 0 Å². The van der Waals surface area contributed by atoms with Gasteiger partial charge in [0.15, 0.2) is 10.4 Å². The number of hydrogen-bond acceptors (Lipinski definition) is 5. The average molecular weight is 460 g/mol. The molecule has 3 aromatic heterocycles. The zero-order valence-electron chi connectivity index (χ0n) is 13.9. The van der Waals surface area contributed by atoms with Crippen molar-refractivity contribution in [3.63, 3.8) is 0 Å². The van der Waals surface area contributed by atoms with Gasteiger partial charge in [0.1, 0.15) is 5.01 Å². The monoisotopic (exact) mass is 458 g/mol. The Bertz CT molecular complexity index is 1110. The number of aromatic nitrogens is 2. The molecule has 0 saturated carbocycles. The van der Waals surface area contributed by atoms with Gasteiger partial charge >= 0.3 is 0 Å².